The second-order valence-electron chi connectivity index (χ2n) is 10.5. The highest BCUT2D eigenvalue weighted by Gasteiger charge is 2.23. The quantitative estimate of drug-likeness (QED) is 0.230. The number of amides is 1. The van der Waals surface area contributed by atoms with E-state index < -0.39 is 4.92 Å². The second kappa shape index (κ2) is 12.4. The van der Waals surface area contributed by atoms with Gasteiger partial charge in [-0.15, -0.1) is 0 Å². The van der Waals surface area contributed by atoms with Crippen molar-refractivity contribution >= 4 is 23.2 Å². The molecule has 1 aromatic heterocycles. The minimum Gasteiger partial charge on any atom is -0.493 e. The van der Waals surface area contributed by atoms with Crippen LogP contribution in [0.1, 0.15) is 52.2 Å². The summed E-state index contributed by atoms with van der Waals surface area (Å²) in [7, 11) is 0. The lowest BCUT2D eigenvalue weighted by atomic mass is 10.0. The summed E-state index contributed by atoms with van der Waals surface area (Å²) >= 11 is 0. The first-order valence-corrected chi connectivity index (χ1v) is 14.1. The highest BCUT2D eigenvalue weighted by atomic mass is 16.6. The number of anilines is 2. The number of nitro groups is 1. The number of aromatic nitrogens is 2. The zero-order valence-corrected chi connectivity index (χ0v) is 23.0. The fourth-order valence-corrected chi connectivity index (χ4v) is 5.47. The molecule has 0 saturated heterocycles. The van der Waals surface area contributed by atoms with Crippen molar-refractivity contribution in [3.05, 3.63) is 105 Å². The molecule has 214 valence electrons. The zero-order chi connectivity index (χ0) is 28.9. The molecule has 10 nitrogen and oxygen atoms in total. The number of hydrogen-bond acceptors (Lipinski definition) is 8. The Bertz CT molecular complexity index is 1620. The van der Waals surface area contributed by atoms with Gasteiger partial charge >= 0.3 is 0 Å². The Morgan fingerprint density at radius 3 is 2.86 bits per heavy atom. The summed E-state index contributed by atoms with van der Waals surface area (Å²) in [4.78, 5) is 32.9. The summed E-state index contributed by atoms with van der Waals surface area (Å²) in [5.41, 5.74) is 5.06. The fraction of sp³-hybridized carbons (Fsp3) is 0.281. The summed E-state index contributed by atoms with van der Waals surface area (Å²) in [5.74, 6) is 1.02. The van der Waals surface area contributed by atoms with Crippen LogP contribution >= 0.6 is 0 Å². The van der Waals surface area contributed by atoms with Gasteiger partial charge in [0, 0.05) is 48.1 Å². The number of hydrogen-bond donors (Lipinski definition) is 2. The number of benzene rings is 3. The van der Waals surface area contributed by atoms with Crippen LogP contribution in [0.15, 0.2) is 72.9 Å². The third kappa shape index (κ3) is 6.08. The first-order chi connectivity index (χ1) is 20.5. The Hall–Kier alpha value is -4.83. The van der Waals surface area contributed by atoms with Crippen LogP contribution in [0, 0.1) is 10.1 Å². The van der Waals surface area contributed by atoms with E-state index in [9.17, 15) is 14.9 Å². The number of ether oxygens (including phenoxy) is 2. The minimum absolute atomic E-state index is 0.202. The van der Waals surface area contributed by atoms with Crippen molar-refractivity contribution in [1.82, 2.24) is 15.3 Å². The van der Waals surface area contributed by atoms with Crippen molar-refractivity contribution in [3.63, 3.8) is 0 Å². The van der Waals surface area contributed by atoms with Gasteiger partial charge in [-0.1, -0.05) is 24.3 Å². The second-order valence-corrected chi connectivity index (χ2v) is 10.5. The summed E-state index contributed by atoms with van der Waals surface area (Å²) < 4.78 is 12.4. The van der Waals surface area contributed by atoms with Gasteiger partial charge in [0.2, 0.25) is 5.95 Å². The minimum atomic E-state index is -0.504. The molecule has 2 N–H and O–H groups in total. The maximum atomic E-state index is 12.7. The van der Waals surface area contributed by atoms with Crippen LogP contribution in [0.4, 0.5) is 17.3 Å². The molecule has 1 amide bonds. The van der Waals surface area contributed by atoms with Gasteiger partial charge in [0.15, 0.2) is 0 Å². The van der Waals surface area contributed by atoms with Crippen LogP contribution in [0.3, 0.4) is 0 Å². The highest BCUT2D eigenvalue weighted by Crippen LogP contribution is 2.35. The van der Waals surface area contributed by atoms with E-state index >= 15 is 0 Å². The molecule has 42 heavy (non-hydrogen) atoms. The van der Waals surface area contributed by atoms with E-state index in [1.165, 1.54) is 17.2 Å². The van der Waals surface area contributed by atoms with Crippen LogP contribution in [-0.2, 0) is 17.8 Å². The standard InChI is InChI=1S/C32H31N5O5/c38-31-22-9-11-27(29(18-22)37(39)40)28-13-15-34-32(36-28)35-25-10-12-30(24(17-25)19-41-16-4-3-14-33-31)42-20-23-8-7-21-5-1-2-6-26(21)23/h1-2,5-6,9-13,15,17-18,23H,3-4,7-8,14,16,19-20H2,(H,33,38)(H,34,35,36). The average Bonchev–Trinajstić information content (AvgIpc) is 3.42. The molecule has 0 saturated carbocycles. The lowest BCUT2D eigenvalue weighted by Crippen LogP contribution is -2.24. The summed E-state index contributed by atoms with van der Waals surface area (Å²) in [6.45, 7) is 1.88. The van der Waals surface area contributed by atoms with Crippen molar-refractivity contribution in [1.29, 1.82) is 0 Å². The number of nitrogens with one attached hydrogen (secondary N) is 2. The van der Waals surface area contributed by atoms with Crippen molar-refractivity contribution < 1.29 is 19.2 Å². The Balaban J connectivity index is 1.28. The van der Waals surface area contributed by atoms with Gasteiger partial charge in [0.05, 0.1) is 29.4 Å². The number of nitrogens with zero attached hydrogens (tertiary/aromatic N) is 3. The number of aryl methyl sites for hydroxylation is 1. The Labute approximate surface area is 243 Å². The van der Waals surface area contributed by atoms with Crippen molar-refractivity contribution in [2.45, 2.75) is 38.2 Å². The van der Waals surface area contributed by atoms with Crippen LogP contribution < -0.4 is 15.4 Å². The van der Waals surface area contributed by atoms with Crippen molar-refractivity contribution in [3.8, 4) is 17.0 Å². The molecule has 0 radical (unpaired) electrons. The first kappa shape index (κ1) is 27.3. The molecule has 10 heteroatoms. The first-order valence-electron chi connectivity index (χ1n) is 14.1. The molecule has 1 unspecified atom stereocenters. The van der Waals surface area contributed by atoms with Crippen molar-refractivity contribution in [2.75, 3.05) is 25.1 Å². The number of carbonyl (C=O) groups is 1. The van der Waals surface area contributed by atoms with Gasteiger partial charge in [-0.05, 0) is 73.2 Å². The number of fused-ring (bicyclic) bond motifs is 10. The SMILES string of the molecule is O=C1NCCCCOCc2cc(ccc2OCC2CCc3ccccc32)Nc2nccc(n2)-c2ccc1cc2[N+](=O)[O-]. The molecule has 2 aliphatic heterocycles. The smallest absolute Gasteiger partial charge is 0.279 e. The largest absolute Gasteiger partial charge is 0.493 e. The maximum Gasteiger partial charge on any atom is 0.279 e. The van der Waals surface area contributed by atoms with Gasteiger partial charge in [0.1, 0.15) is 5.75 Å². The third-order valence-electron chi connectivity index (χ3n) is 7.66. The highest BCUT2D eigenvalue weighted by molar-refractivity contribution is 5.96. The molecular weight excluding hydrogens is 534 g/mol. The molecule has 3 aromatic carbocycles. The molecule has 0 spiro atoms. The van der Waals surface area contributed by atoms with Crippen LogP contribution in [0.2, 0.25) is 0 Å². The normalized spacial score (nSPS) is 16.8. The van der Waals surface area contributed by atoms with E-state index in [0.717, 1.165) is 36.3 Å². The molecule has 4 aromatic rings. The van der Waals surface area contributed by atoms with E-state index in [1.807, 2.05) is 18.2 Å². The maximum absolute atomic E-state index is 12.7. The van der Waals surface area contributed by atoms with E-state index in [4.69, 9.17) is 9.47 Å². The molecule has 1 aliphatic carbocycles. The molecule has 6 bridgehead atoms. The third-order valence-corrected chi connectivity index (χ3v) is 7.66. The van der Waals surface area contributed by atoms with Crippen molar-refractivity contribution in [2.24, 2.45) is 0 Å². The average molecular weight is 566 g/mol. The Morgan fingerprint density at radius 2 is 1.95 bits per heavy atom. The zero-order valence-electron chi connectivity index (χ0n) is 23.0. The number of nitro benzene ring substituents is 1. The van der Waals surface area contributed by atoms with Gasteiger partial charge in [0.25, 0.3) is 11.6 Å². The summed E-state index contributed by atoms with van der Waals surface area (Å²) in [5, 5.41) is 18.0. The molecule has 0 fully saturated rings. The number of carbonyl (C=O) groups excluding carboxylic acids is 1. The van der Waals surface area contributed by atoms with E-state index in [-0.39, 0.29) is 23.1 Å². The molecule has 7 rings (SSSR count). The van der Waals surface area contributed by atoms with Crippen LogP contribution in [0.5, 0.6) is 5.75 Å². The van der Waals surface area contributed by atoms with Gasteiger partial charge in [-0.2, -0.15) is 0 Å². The summed E-state index contributed by atoms with van der Waals surface area (Å²) in [6.07, 6.45) is 5.12. The van der Waals surface area contributed by atoms with Gasteiger partial charge in [-0.3, -0.25) is 14.9 Å². The van der Waals surface area contributed by atoms with Gasteiger partial charge < -0.3 is 20.1 Å². The lowest BCUT2D eigenvalue weighted by Gasteiger charge is -2.17. The topological polar surface area (TPSA) is 129 Å². The fourth-order valence-electron chi connectivity index (χ4n) is 5.47. The van der Waals surface area contributed by atoms with Crippen LogP contribution in [0.25, 0.3) is 11.3 Å². The van der Waals surface area contributed by atoms with Gasteiger partial charge in [-0.25, -0.2) is 9.97 Å². The Kier molecular flexibility index (Phi) is 8.05. The predicted molar refractivity (Wildman–Crippen MR) is 158 cm³/mol. The Morgan fingerprint density at radius 1 is 1.05 bits per heavy atom. The van der Waals surface area contributed by atoms with E-state index in [0.29, 0.717) is 50.0 Å². The predicted octanol–water partition coefficient (Wildman–Crippen LogP) is 5.94. The van der Waals surface area contributed by atoms with E-state index in [2.05, 4.69) is 44.9 Å². The molecule has 3 aliphatic rings. The molecule has 3 heterocycles. The monoisotopic (exact) mass is 565 g/mol. The lowest BCUT2D eigenvalue weighted by molar-refractivity contribution is -0.384. The molecule has 1 atom stereocenters. The molecular formula is C32H31N5O5. The van der Waals surface area contributed by atoms with E-state index in [1.54, 1.807) is 24.4 Å². The van der Waals surface area contributed by atoms with Crippen LogP contribution in [-0.4, -0.2) is 40.6 Å². The number of rotatable bonds is 4. The summed E-state index contributed by atoms with van der Waals surface area (Å²) in [6, 6.07) is 20.3.